The van der Waals surface area contributed by atoms with E-state index in [1.54, 1.807) is 0 Å². The molecule has 6 nitrogen and oxygen atoms in total. The first-order valence-corrected chi connectivity index (χ1v) is 34.5. The maximum Gasteiger partial charge on any atom is 0.306 e. The van der Waals surface area contributed by atoms with E-state index < -0.39 is 6.10 Å². The number of hydrogen-bond acceptors (Lipinski definition) is 6. The number of carbonyl (C=O) groups excluding carboxylic acids is 3. The molecule has 1 atom stereocenters. The van der Waals surface area contributed by atoms with Gasteiger partial charge in [0.05, 0.1) is 0 Å². The molecular weight excluding hydrogens is 949 g/mol. The van der Waals surface area contributed by atoms with Gasteiger partial charge in [-0.2, -0.15) is 0 Å². The van der Waals surface area contributed by atoms with Crippen molar-refractivity contribution in [1.29, 1.82) is 0 Å². The molecular formula is C71H132O6. The first kappa shape index (κ1) is 74.6. The average molecular weight is 1080 g/mol. The van der Waals surface area contributed by atoms with E-state index in [0.717, 1.165) is 64.2 Å². The number of allylic oxidation sites excluding steroid dienone is 6. The van der Waals surface area contributed by atoms with Crippen molar-refractivity contribution in [2.75, 3.05) is 13.2 Å². The van der Waals surface area contributed by atoms with Gasteiger partial charge in [-0.25, -0.2) is 0 Å². The van der Waals surface area contributed by atoms with Crippen LogP contribution in [-0.2, 0) is 28.6 Å². The standard InChI is InChI=1S/C71H132O6/c1-4-7-10-13-16-18-20-22-24-26-28-30-32-33-34-35-36-37-39-40-42-44-46-48-50-52-55-58-61-64-70(73)76-67-68(66-75-69(72)63-60-57-54-15-12-9-6-3)77-71(74)65-62-59-56-53-51-49-47-45-43-41-38-31-29-27-25-23-21-19-17-14-11-8-5-2/h20,22,26-29,68H,4-19,21,23-25,30-67H2,1-3H3/b22-20-,28-26-,29-27-. The Morgan fingerprint density at radius 1 is 0.260 bits per heavy atom. The van der Waals surface area contributed by atoms with Crippen LogP contribution in [0.15, 0.2) is 36.5 Å². The maximum absolute atomic E-state index is 12.9. The van der Waals surface area contributed by atoms with Crippen molar-refractivity contribution in [3.05, 3.63) is 36.5 Å². The summed E-state index contributed by atoms with van der Waals surface area (Å²) in [6.45, 7) is 6.65. The van der Waals surface area contributed by atoms with E-state index in [4.69, 9.17) is 14.2 Å². The van der Waals surface area contributed by atoms with E-state index in [9.17, 15) is 14.4 Å². The largest absolute Gasteiger partial charge is 0.462 e. The van der Waals surface area contributed by atoms with Crippen LogP contribution in [0.25, 0.3) is 0 Å². The predicted octanol–water partition coefficient (Wildman–Crippen LogP) is 23.6. The zero-order chi connectivity index (χ0) is 55.7. The Morgan fingerprint density at radius 3 is 0.727 bits per heavy atom. The van der Waals surface area contributed by atoms with Gasteiger partial charge in [0.2, 0.25) is 0 Å². The first-order chi connectivity index (χ1) is 38.0. The van der Waals surface area contributed by atoms with Crippen LogP contribution in [0.5, 0.6) is 0 Å². The highest BCUT2D eigenvalue weighted by molar-refractivity contribution is 5.71. The Bertz CT molecular complexity index is 1290. The number of unbranched alkanes of at least 4 members (excludes halogenated alkanes) is 47. The molecule has 0 amide bonds. The molecule has 1 unspecified atom stereocenters. The monoisotopic (exact) mass is 1080 g/mol. The highest BCUT2D eigenvalue weighted by atomic mass is 16.6. The Morgan fingerprint density at radius 2 is 0.468 bits per heavy atom. The Balaban J connectivity index is 4.03. The van der Waals surface area contributed by atoms with Crippen LogP contribution in [0.1, 0.15) is 380 Å². The van der Waals surface area contributed by atoms with Crippen LogP contribution in [0.2, 0.25) is 0 Å². The Hall–Kier alpha value is -2.37. The molecule has 0 fully saturated rings. The fraction of sp³-hybridized carbons (Fsp3) is 0.873. The van der Waals surface area contributed by atoms with Gasteiger partial charge in [0.25, 0.3) is 0 Å². The normalized spacial score (nSPS) is 12.2. The molecule has 452 valence electrons. The van der Waals surface area contributed by atoms with E-state index in [1.165, 1.54) is 276 Å². The fourth-order valence-electron chi connectivity index (χ4n) is 10.4. The number of carbonyl (C=O) groups is 3. The summed E-state index contributed by atoms with van der Waals surface area (Å²) >= 11 is 0. The second-order valence-electron chi connectivity index (χ2n) is 23.4. The summed E-state index contributed by atoms with van der Waals surface area (Å²) in [4.78, 5) is 38.1. The lowest BCUT2D eigenvalue weighted by Gasteiger charge is -2.18. The van der Waals surface area contributed by atoms with Gasteiger partial charge in [-0.1, -0.05) is 320 Å². The topological polar surface area (TPSA) is 78.9 Å². The lowest BCUT2D eigenvalue weighted by molar-refractivity contribution is -0.167. The first-order valence-electron chi connectivity index (χ1n) is 34.5. The molecule has 0 aliphatic rings. The van der Waals surface area contributed by atoms with E-state index in [2.05, 4.69) is 57.2 Å². The summed E-state index contributed by atoms with van der Waals surface area (Å²) in [5, 5.41) is 0. The summed E-state index contributed by atoms with van der Waals surface area (Å²) in [7, 11) is 0. The Kier molecular flexibility index (Phi) is 64.1. The maximum atomic E-state index is 12.9. The molecule has 0 saturated carbocycles. The third-order valence-corrected chi connectivity index (χ3v) is 15.6. The minimum atomic E-state index is -0.768. The third-order valence-electron chi connectivity index (χ3n) is 15.6. The van der Waals surface area contributed by atoms with Crippen LogP contribution >= 0.6 is 0 Å². The van der Waals surface area contributed by atoms with Gasteiger partial charge in [-0.15, -0.1) is 0 Å². The van der Waals surface area contributed by atoms with Gasteiger partial charge in [-0.05, 0) is 77.0 Å². The number of ether oxygens (including phenoxy) is 3. The van der Waals surface area contributed by atoms with Gasteiger partial charge < -0.3 is 14.2 Å². The minimum Gasteiger partial charge on any atom is -0.462 e. The van der Waals surface area contributed by atoms with Gasteiger partial charge in [0.1, 0.15) is 13.2 Å². The molecule has 0 saturated heterocycles. The van der Waals surface area contributed by atoms with Crippen LogP contribution in [0.3, 0.4) is 0 Å². The summed E-state index contributed by atoms with van der Waals surface area (Å²) in [5.41, 5.74) is 0. The third kappa shape index (κ3) is 64.3. The molecule has 0 spiro atoms. The quantitative estimate of drug-likeness (QED) is 0.0261. The summed E-state index contributed by atoms with van der Waals surface area (Å²) in [6, 6.07) is 0. The zero-order valence-corrected chi connectivity index (χ0v) is 52.0. The van der Waals surface area contributed by atoms with Gasteiger partial charge in [0.15, 0.2) is 6.10 Å². The zero-order valence-electron chi connectivity index (χ0n) is 52.0. The SMILES string of the molecule is CCCCCCC/C=C\C/C=C\CCCCCCCCCCCCCCCCCCCC(=O)OCC(COC(=O)CCCCCCCCC)OC(=O)CCCCCCCCCCCCC/C=C\CCCCCCCCCC. The van der Waals surface area contributed by atoms with Crippen LogP contribution in [0, 0.1) is 0 Å². The van der Waals surface area contributed by atoms with Gasteiger partial charge in [0, 0.05) is 19.3 Å². The second-order valence-corrected chi connectivity index (χ2v) is 23.4. The average Bonchev–Trinajstić information content (AvgIpc) is 3.43. The van der Waals surface area contributed by atoms with E-state index in [-0.39, 0.29) is 31.1 Å². The highest BCUT2D eigenvalue weighted by Crippen LogP contribution is 2.18. The molecule has 0 aliphatic heterocycles. The number of esters is 3. The molecule has 0 aromatic heterocycles. The molecule has 0 aromatic rings. The molecule has 77 heavy (non-hydrogen) atoms. The van der Waals surface area contributed by atoms with Crippen molar-refractivity contribution < 1.29 is 28.6 Å². The minimum absolute atomic E-state index is 0.0674. The van der Waals surface area contributed by atoms with Crippen LogP contribution in [-0.4, -0.2) is 37.2 Å². The van der Waals surface area contributed by atoms with Gasteiger partial charge in [-0.3, -0.25) is 14.4 Å². The summed E-state index contributed by atoms with van der Waals surface area (Å²) in [6.07, 6.45) is 82.0. The fourth-order valence-corrected chi connectivity index (χ4v) is 10.4. The molecule has 0 rings (SSSR count). The van der Waals surface area contributed by atoms with E-state index >= 15 is 0 Å². The van der Waals surface area contributed by atoms with Crippen molar-refractivity contribution in [1.82, 2.24) is 0 Å². The number of rotatable bonds is 64. The van der Waals surface area contributed by atoms with Crippen molar-refractivity contribution in [3.63, 3.8) is 0 Å². The highest BCUT2D eigenvalue weighted by Gasteiger charge is 2.19. The van der Waals surface area contributed by atoms with Crippen LogP contribution < -0.4 is 0 Å². The van der Waals surface area contributed by atoms with Crippen molar-refractivity contribution in [3.8, 4) is 0 Å². The molecule has 0 aliphatic carbocycles. The van der Waals surface area contributed by atoms with Crippen LogP contribution in [0.4, 0.5) is 0 Å². The molecule has 0 aromatic carbocycles. The summed E-state index contributed by atoms with van der Waals surface area (Å²) in [5.74, 6) is -0.850. The lowest BCUT2D eigenvalue weighted by atomic mass is 10.0. The smallest absolute Gasteiger partial charge is 0.306 e. The number of hydrogen-bond donors (Lipinski definition) is 0. The lowest BCUT2D eigenvalue weighted by Crippen LogP contribution is -2.30. The molecule has 6 heteroatoms. The van der Waals surface area contributed by atoms with E-state index in [1.807, 2.05) is 0 Å². The Labute approximate surface area is 480 Å². The predicted molar refractivity (Wildman–Crippen MR) is 335 cm³/mol. The molecule has 0 bridgehead atoms. The molecule has 0 radical (unpaired) electrons. The second kappa shape index (κ2) is 66.1. The van der Waals surface area contributed by atoms with Gasteiger partial charge >= 0.3 is 17.9 Å². The van der Waals surface area contributed by atoms with E-state index in [0.29, 0.717) is 19.3 Å². The summed E-state index contributed by atoms with van der Waals surface area (Å²) < 4.78 is 16.9. The molecule has 0 heterocycles. The van der Waals surface area contributed by atoms with Crippen molar-refractivity contribution >= 4 is 17.9 Å². The van der Waals surface area contributed by atoms with Crippen molar-refractivity contribution in [2.45, 2.75) is 386 Å². The van der Waals surface area contributed by atoms with Crippen molar-refractivity contribution in [2.24, 2.45) is 0 Å². The molecule has 0 N–H and O–H groups in total.